The maximum atomic E-state index is 9.70. The average Bonchev–Trinajstić information content (AvgIpc) is 2.22. The highest BCUT2D eigenvalue weighted by Crippen LogP contribution is 1.81. The molecular formula is C10H4O8-4. The van der Waals surface area contributed by atoms with Crippen LogP contribution in [0.1, 0.15) is 12.8 Å². The zero-order chi connectivity index (χ0) is 14.6. The second-order valence-electron chi connectivity index (χ2n) is 2.29. The quantitative estimate of drug-likeness (QED) is 0.438. The highest BCUT2D eigenvalue weighted by Gasteiger charge is 1.80. The van der Waals surface area contributed by atoms with Crippen LogP contribution in [0.3, 0.4) is 0 Å². The third-order valence-electron chi connectivity index (χ3n) is 0.911. The summed E-state index contributed by atoms with van der Waals surface area (Å²) in [7, 11) is 0. The number of hydrogen-bond donors (Lipinski definition) is 0. The van der Waals surface area contributed by atoms with Gasteiger partial charge in [-0.2, -0.15) is 0 Å². The molecule has 0 aliphatic carbocycles. The summed E-state index contributed by atoms with van der Waals surface area (Å²) < 4.78 is 0. The van der Waals surface area contributed by atoms with Crippen molar-refractivity contribution in [2.75, 3.05) is 0 Å². The summed E-state index contributed by atoms with van der Waals surface area (Å²) in [5.41, 5.74) is 0. The fraction of sp³-hybridized carbons (Fsp3) is 0.200. The average molecular weight is 252 g/mol. The molecule has 0 spiro atoms. The molecule has 0 aromatic rings. The number of rotatable bonds is 2. The van der Waals surface area contributed by atoms with E-state index in [0.29, 0.717) is 0 Å². The van der Waals surface area contributed by atoms with E-state index >= 15 is 0 Å². The van der Waals surface area contributed by atoms with Gasteiger partial charge in [-0.1, -0.05) is 5.92 Å². The van der Waals surface area contributed by atoms with Crippen molar-refractivity contribution in [3.8, 4) is 23.7 Å². The van der Waals surface area contributed by atoms with Crippen molar-refractivity contribution < 1.29 is 39.6 Å². The third kappa shape index (κ3) is 23.1. The van der Waals surface area contributed by atoms with Gasteiger partial charge in [0.15, 0.2) is 0 Å². The van der Waals surface area contributed by atoms with Crippen molar-refractivity contribution in [2.24, 2.45) is 0 Å². The van der Waals surface area contributed by atoms with Crippen molar-refractivity contribution in [1.82, 2.24) is 0 Å². The molecule has 0 atom stereocenters. The zero-order valence-electron chi connectivity index (χ0n) is 8.68. The van der Waals surface area contributed by atoms with Crippen LogP contribution in [0.5, 0.6) is 0 Å². The van der Waals surface area contributed by atoms with Crippen LogP contribution in [-0.4, -0.2) is 23.9 Å². The van der Waals surface area contributed by atoms with Crippen LogP contribution in [-0.2, 0) is 19.2 Å². The number of aliphatic carboxylic acids is 4. The summed E-state index contributed by atoms with van der Waals surface area (Å²) in [6, 6.07) is 0. The second kappa shape index (κ2) is 10.5. The van der Waals surface area contributed by atoms with Crippen LogP contribution in [0, 0.1) is 23.7 Å². The largest absolute Gasteiger partial charge is 0.550 e. The minimum absolute atomic E-state index is 0.0175. The van der Waals surface area contributed by atoms with Gasteiger partial charge in [-0.25, -0.2) is 0 Å². The van der Waals surface area contributed by atoms with E-state index in [1.807, 2.05) is 0 Å². The second-order valence-corrected chi connectivity index (χ2v) is 2.29. The molecule has 96 valence electrons. The van der Waals surface area contributed by atoms with Crippen LogP contribution in [0.15, 0.2) is 0 Å². The van der Waals surface area contributed by atoms with Crippen LogP contribution in [0.2, 0.25) is 0 Å². The fourth-order valence-electron chi connectivity index (χ4n) is 0.401. The molecule has 0 aliphatic rings. The maximum absolute atomic E-state index is 9.70. The van der Waals surface area contributed by atoms with E-state index in [1.165, 1.54) is 11.8 Å². The molecule has 0 N–H and O–H groups in total. The first kappa shape index (κ1) is 17.4. The summed E-state index contributed by atoms with van der Waals surface area (Å²) in [5.74, 6) is 0.0258. The fourth-order valence-corrected chi connectivity index (χ4v) is 0.401. The van der Waals surface area contributed by atoms with Crippen molar-refractivity contribution in [3.05, 3.63) is 0 Å². The number of carbonyl (C=O) groups is 4. The van der Waals surface area contributed by atoms with Crippen molar-refractivity contribution in [3.63, 3.8) is 0 Å². The molecule has 0 bridgehead atoms. The number of hydrogen-bond acceptors (Lipinski definition) is 8. The molecule has 0 saturated heterocycles. The van der Waals surface area contributed by atoms with E-state index in [9.17, 15) is 39.6 Å². The van der Waals surface area contributed by atoms with Gasteiger partial charge < -0.3 is 39.6 Å². The summed E-state index contributed by atoms with van der Waals surface area (Å²) in [6.45, 7) is 0. The van der Waals surface area contributed by atoms with Gasteiger partial charge >= 0.3 is 0 Å². The SMILES string of the molecule is O=C([O-])C#CC(=O)[O-].O=C([O-])C#CCCC(=O)[O-]. The van der Waals surface area contributed by atoms with Gasteiger partial charge in [0.1, 0.15) is 17.9 Å². The Morgan fingerprint density at radius 2 is 1.11 bits per heavy atom. The van der Waals surface area contributed by atoms with E-state index < -0.39 is 23.9 Å². The topological polar surface area (TPSA) is 161 Å². The summed E-state index contributed by atoms with van der Waals surface area (Å²) in [5, 5.41) is 38.0. The molecule has 0 aromatic heterocycles. The lowest BCUT2D eigenvalue weighted by Gasteiger charge is -1.93. The van der Waals surface area contributed by atoms with Crippen LogP contribution in [0.4, 0.5) is 0 Å². The van der Waals surface area contributed by atoms with Gasteiger partial charge in [0.25, 0.3) is 0 Å². The molecule has 18 heavy (non-hydrogen) atoms. The van der Waals surface area contributed by atoms with E-state index in [1.54, 1.807) is 5.92 Å². The van der Waals surface area contributed by atoms with Crippen LogP contribution >= 0.6 is 0 Å². The molecule has 0 rings (SSSR count). The Hall–Kier alpha value is -3.00. The van der Waals surface area contributed by atoms with E-state index in [2.05, 4.69) is 5.92 Å². The molecule has 0 aliphatic heterocycles. The molecule has 8 heteroatoms. The molecule has 0 radical (unpaired) electrons. The Bertz CT molecular complexity index is 436. The van der Waals surface area contributed by atoms with Crippen molar-refractivity contribution >= 4 is 23.9 Å². The van der Waals surface area contributed by atoms with Crippen molar-refractivity contribution in [2.45, 2.75) is 12.8 Å². The van der Waals surface area contributed by atoms with E-state index in [4.69, 9.17) is 0 Å². The molecule has 0 fully saturated rings. The lowest BCUT2D eigenvalue weighted by atomic mass is 10.3. The normalized spacial score (nSPS) is 7.11. The Morgan fingerprint density at radius 3 is 1.39 bits per heavy atom. The minimum Gasteiger partial charge on any atom is -0.550 e. The zero-order valence-corrected chi connectivity index (χ0v) is 8.68. The van der Waals surface area contributed by atoms with Crippen LogP contribution in [0.25, 0.3) is 0 Å². The first-order valence-electron chi connectivity index (χ1n) is 4.09. The minimum atomic E-state index is -1.73. The predicted molar refractivity (Wildman–Crippen MR) is 44.8 cm³/mol. The summed E-state index contributed by atoms with van der Waals surface area (Å²) >= 11 is 0. The molecular weight excluding hydrogens is 248 g/mol. The Morgan fingerprint density at radius 1 is 0.722 bits per heavy atom. The lowest BCUT2D eigenvalue weighted by Crippen LogP contribution is -2.23. The molecule has 0 aromatic carbocycles. The molecule has 0 heterocycles. The van der Waals surface area contributed by atoms with E-state index in [-0.39, 0.29) is 12.8 Å². The molecule has 0 saturated carbocycles. The first-order chi connectivity index (χ1) is 8.25. The van der Waals surface area contributed by atoms with Gasteiger partial charge in [0, 0.05) is 12.4 Å². The molecule has 0 unspecified atom stereocenters. The monoisotopic (exact) mass is 252 g/mol. The maximum Gasteiger partial charge on any atom is 0.116 e. The molecule has 0 amide bonds. The number of carbonyl (C=O) groups excluding carboxylic acids is 4. The number of carboxylic acid groups (broad SMARTS) is 4. The van der Waals surface area contributed by atoms with E-state index in [0.717, 1.165) is 0 Å². The number of carboxylic acids is 4. The van der Waals surface area contributed by atoms with Crippen molar-refractivity contribution in [1.29, 1.82) is 0 Å². The summed E-state index contributed by atoms with van der Waals surface area (Å²) in [6.07, 6.45) is -0.267. The Labute approximate surface area is 101 Å². The van der Waals surface area contributed by atoms with Gasteiger partial charge in [-0.3, -0.25) is 0 Å². The Balaban J connectivity index is 0. The smallest absolute Gasteiger partial charge is 0.116 e. The van der Waals surface area contributed by atoms with Gasteiger partial charge in [0.2, 0.25) is 0 Å². The molecule has 8 nitrogen and oxygen atoms in total. The highest BCUT2D eigenvalue weighted by molar-refractivity contribution is 5.94. The first-order valence-corrected chi connectivity index (χ1v) is 4.09. The lowest BCUT2D eigenvalue weighted by molar-refractivity contribution is -0.306. The van der Waals surface area contributed by atoms with Gasteiger partial charge in [-0.05, 0) is 24.2 Å². The Kier molecular flexibility index (Phi) is 10.2. The highest BCUT2D eigenvalue weighted by atomic mass is 16.4. The van der Waals surface area contributed by atoms with Gasteiger partial charge in [-0.15, -0.1) is 0 Å². The van der Waals surface area contributed by atoms with Crippen LogP contribution < -0.4 is 20.4 Å². The third-order valence-corrected chi connectivity index (χ3v) is 0.911. The summed E-state index contributed by atoms with van der Waals surface area (Å²) in [4.78, 5) is 38.0. The standard InChI is InChI=1S/C6H6O4.C4H2O4/c7-5(8)3-1-2-4-6(9)10;5-3(6)1-2-4(7)8/h1,3H2,(H,7,8)(H,9,10);(H,5,6)(H,7,8)/p-4. The van der Waals surface area contributed by atoms with Gasteiger partial charge in [0.05, 0.1) is 0 Å². The predicted octanol–water partition coefficient (Wildman–Crippen LogP) is -6.24.